The second kappa shape index (κ2) is 5.76. The van der Waals surface area contributed by atoms with Crippen molar-refractivity contribution in [2.24, 2.45) is 0 Å². The molecule has 0 aliphatic rings. The molecule has 6 nitrogen and oxygen atoms in total. The molecule has 0 aliphatic carbocycles. The average molecular weight is 231 g/mol. The quantitative estimate of drug-likeness (QED) is 0.748. The maximum absolute atomic E-state index is 5.06. The zero-order valence-electron chi connectivity index (χ0n) is 9.42. The van der Waals surface area contributed by atoms with E-state index in [9.17, 15) is 0 Å². The van der Waals surface area contributed by atoms with Gasteiger partial charge in [0.15, 0.2) is 0 Å². The summed E-state index contributed by atoms with van der Waals surface area (Å²) in [5.74, 6) is 0.993. The molecule has 17 heavy (non-hydrogen) atoms. The molecule has 0 atom stereocenters. The number of rotatable bonds is 5. The van der Waals surface area contributed by atoms with Crippen molar-refractivity contribution < 1.29 is 4.74 Å². The molecule has 2 aromatic heterocycles. The van der Waals surface area contributed by atoms with Crippen LogP contribution in [0.2, 0.25) is 0 Å². The molecule has 0 unspecified atom stereocenters. The van der Waals surface area contributed by atoms with E-state index in [4.69, 9.17) is 4.74 Å². The summed E-state index contributed by atoms with van der Waals surface area (Å²) in [7, 11) is 1.55. The smallest absolute Gasteiger partial charge is 0.258 e. The number of hydrogen-bond donors (Lipinski definition) is 2. The molecule has 0 fully saturated rings. The molecular formula is C11H13N5O. The van der Waals surface area contributed by atoms with Crippen LogP contribution < -0.4 is 15.6 Å². The Hall–Kier alpha value is -2.21. The van der Waals surface area contributed by atoms with Gasteiger partial charge in [-0.1, -0.05) is 6.07 Å². The number of ether oxygens (including phenoxy) is 1. The van der Waals surface area contributed by atoms with Crippen LogP contribution in [0.15, 0.2) is 36.8 Å². The third kappa shape index (κ3) is 3.12. The summed E-state index contributed by atoms with van der Waals surface area (Å²) in [4.78, 5) is 12.3. The Morgan fingerprint density at radius 3 is 2.76 bits per heavy atom. The van der Waals surface area contributed by atoms with Gasteiger partial charge in [0, 0.05) is 18.6 Å². The highest BCUT2D eigenvalue weighted by atomic mass is 16.5. The SMILES string of the molecule is COc1nccnc1NNCc1ccccn1. The molecule has 2 heterocycles. The summed E-state index contributed by atoms with van der Waals surface area (Å²) < 4.78 is 5.06. The van der Waals surface area contributed by atoms with E-state index in [1.807, 2.05) is 18.2 Å². The molecule has 0 saturated heterocycles. The Bertz CT molecular complexity index is 462. The van der Waals surface area contributed by atoms with Gasteiger partial charge >= 0.3 is 0 Å². The van der Waals surface area contributed by atoms with E-state index in [1.165, 1.54) is 0 Å². The lowest BCUT2D eigenvalue weighted by molar-refractivity contribution is 0.397. The molecule has 2 rings (SSSR count). The summed E-state index contributed by atoms with van der Waals surface area (Å²) >= 11 is 0. The fourth-order valence-corrected chi connectivity index (χ4v) is 1.28. The van der Waals surface area contributed by atoms with Crippen LogP contribution in [-0.4, -0.2) is 22.1 Å². The lowest BCUT2D eigenvalue weighted by Gasteiger charge is -2.09. The molecule has 0 aromatic carbocycles. The molecule has 0 spiro atoms. The van der Waals surface area contributed by atoms with Gasteiger partial charge in [-0.05, 0) is 12.1 Å². The normalized spacial score (nSPS) is 9.94. The largest absolute Gasteiger partial charge is 0.478 e. The molecule has 2 aromatic rings. The summed E-state index contributed by atoms with van der Waals surface area (Å²) in [6, 6.07) is 5.75. The third-order valence-corrected chi connectivity index (χ3v) is 2.06. The molecule has 0 radical (unpaired) electrons. The van der Waals surface area contributed by atoms with Crippen molar-refractivity contribution in [1.29, 1.82) is 0 Å². The number of hydrogen-bond acceptors (Lipinski definition) is 6. The van der Waals surface area contributed by atoms with Gasteiger partial charge in [-0.25, -0.2) is 15.4 Å². The van der Waals surface area contributed by atoms with Crippen molar-refractivity contribution in [3.8, 4) is 5.88 Å². The van der Waals surface area contributed by atoms with Gasteiger partial charge in [-0.2, -0.15) is 0 Å². The molecule has 88 valence electrons. The topological polar surface area (TPSA) is 72.0 Å². The lowest BCUT2D eigenvalue weighted by Crippen LogP contribution is -2.22. The summed E-state index contributed by atoms with van der Waals surface area (Å²) in [5.41, 5.74) is 6.85. The molecule has 0 amide bonds. The van der Waals surface area contributed by atoms with E-state index in [-0.39, 0.29) is 0 Å². The van der Waals surface area contributed by atoms with Crippen molar-refractivity contribution in [3.63, 3.8) is 0 Å². The van der Waals surface area contributed by atoms with Gasteiger partial charge in [-0.15, -0.1) is 0 Å². The van der Waals surface area contributed by atoms with Crippen LogP contribution >= 0.6 is 0 Å². The molecular weight excluding hydrogens is 218 g/mol. The number of hydrazine groups is 1. The van der Waals surface area contributed by atoms with Crippen molar-refractivity contribution in [2.45, 2.75) is 6.54 Å². The molecule has 0 bridgehead atoms. The first-order chi connectivity index (χ1) is 8.40. The van der Waals surface area contributed by atoms with E-state index in [0.717, 1.165) is 5.69 Å². The average Bonchev–Trinajstić information content (AvgIpc) is 2.40. The van der Waals surface area contributed by atoms with Crippen LogP contribution in [0.5, 0.6) is 5.88 Å². The van der Waals surface area contributed by atoms with E-state index in [0.29, 0.717) is 18.2 Å². The standard InChI is InChI=1S/C11H13N5O/c1-17-11-10(13-6-7-14-11)16-15-8-9-4-2-3-5-12-9/h2-7,15H,8H2,1H3,(H,13,16). The maximum Gasteiger partial charge on any atom is 0.258 e. The van der Waals surface area contributed by atoms with E-state index < -0.39 is 0 Å². The van der Waals surface area contributed by atoms with E-state index >= 15 is 0 Å². The molecule has 6 heteroatoms. The van der Waals surface area contributed by atoms with Crippen LogP contribution in [0.25, 0.3) is 0 Å². The van der Waals surface area contributed by atoms with Crippen molar-refractivity contribution in [3.05, 3.63) is 42.5 Å². The van der Waals surface area contributed by atoms with Gasteiger partial charge < -0.3 is 10.2 Å². The van der Waals surface area contributed by atoms with E-state index in [1.54, 1.807) is 25.7 Å². The second-order valence-corrected chi connectivity index (χ2v) is 3.21. The van der Waals surface area contributed by atoms with E-state index in [2.05, 4.69) is 25.8 Å². The molecule has 2 N–H and O–H groups in total. The van der Waals surface area contributed by atoms with Crippen LogP contribution in [0, 0.1) is 0 Å². The number of aromatic nitrogens is 3. The van der Waals surface area contributed by atoms with Crippen LogP contribution in [0.4, 0.5) is 5.82 Å². The fourth-order valence-electron chi connectivity index (χ4n) is 1.28. The first-order valence-electron chi connectivity index (χ1n) is 5.14. The Morgan fingerprint density at radius 2 is 2.00 bits per heavy atom. The highest BCUT2D eigenvalue weighted by Crippen LogP contribution is 2.14. The van der Waals surface area contributed by atoms with Gasteiger partial charge in [-0.3, -0.25) is 4.98 Å². The Morgan fingerprint density at radius 1 is 1.12 bits per heavy atom. The predicted molar refractivity (Wildman–Crippen MR) is 63.3 cm³/mol. The molecule has 0 saturated carbocycles. The zero-order chi connectivity index (χ0) is 11.9. The number of nitrogens with zero attached hydrogens (tertiary/aromatic N) is 3. The van der Waals surface area contributed by atoms with Crippen molar-refractivity contribution in [1.82, 2.24) is 20.4 Å². The fraction of sp³-hybridized carbons (Fsp3) is 0.182. The predicted octanol–water partition coefficient (Wildman–Crippen LogP) is 0.997. The van der Waals surface area contributed by atoms with Gasteiger partial charge in [0.2, 0.25) is 5.82 Å². The first kappa shape index (κ1) is 11.3. The first-order valence-corrected chi connectivity index (χ1v) is 5.14. The highest BCUT2D eigenvalue weighted by molar-refractivity contribution is 5.43. The van der Waals surface area contributed by atoms with Crippen molar-refractivity contribution in [2.75, 3.05) is 12.5 Å². The minimum atomic E-state index is 0.445. The van der Waals surface area contributed by atoms with Gasteiger partial charge in [0.05, 0.1) is 19.3 Å². The number of pyridine rings is 1. The minimum Gasteiger partial charge on any atom is -0.478 e. The maximum atomic E-state index is 5.06. The Kier molecular flexibility index (Phi) is 3.82. The number of nitrogens with one attached hydrogen (secondary N) is 2. The summed E-state index contributed by atoms with van der Waals surface area (Å²) in [6.45, 7) is 0.584. The zero-order valence-corrected chi connectivity index (χ0v) is 9.42. The Labute approximate surface area is 99.1 Å². The lowest BCUT2D eigenvalue weighted by atomic mass is 10.4. The van der Waals surface area contributed by atoms with Gasteiger partial charge in [0.25, 0.3) is 5.88 Å². The van der Waals surface area contributed by atoms with Crippen LogP contribution in [0.3, 0.4) is 0 Å². The molecule has 0 aliphatic heterocycles. The van der Waals surface area contributed by atoms with Crippen LogP contribution in [-0.2, 0) is 6.54 Å². The van der Waals surface area contributed by atoms with Crippen molar-refractivity contribution >= 4 is 5.82 Å². The van der Waals surface area contributed by atoms with Crippen LogP contribution in [0.1, 0.15) is 5.69 Å². The number of methoxy groups -OCH3 is 1. The summed E-state index contributed by atoms with van der Waals surface area (Å²) in [6.07, 6.45) is 4.91. The summed E-state index contributed by atoms with van der Waals surface area (Å²) in [5, 5.41) is 0. The Balaban J connectivity index is 1.90. The third-order valence-electron chi connectivity index (χ3n) is 2.06. The van der Waals surface area contributed by atoms with Gasteiger partial charge in [0.1, 0.15) is 0 Å². The minimum absolute atomic E-state index is 0.445. The monoisotopic (exact) mass is 231 g/mol. The number of anilines is 1. The second-order valence-electron chi connectivity index (χ2n) is 3.21. The highest BCUT2D eigenvalue weighted by Gasteiger charge is 2.03.